The summed E-state index contributed by atoms with van der Waals surface area (Å²) in [6, 6.07) is 1.63. The molecule has 0 saturated heterocycles. The molecule has 1 N–H and O–H groups in total. The number of carbonyl (C=O) groups is 2. The van der Waals surface area contributed by atoms with Crippen molar-refractivity contribution >= 4 is 17.6 Å². The van der Waals surface area contributed by atoms with Crippen molar-refractivity contribution in [3.05, 3.63) is 29.6 Å². The van der Waals surface area contributed by atoms with E-state index in [1.807, 2.05) is 0 Å². The molecule has 4 bridgehead atoms. The summed E-state index contributed by atoms with van der Waals surface area (Å²) in [7, 11) is 0. The van der Waals surface area contributed by atoms with Crippen LogP contribution in [0.3, 0.4) is 0 Å². The SMILES string of the molecule is O=C(COC(=O)CC12CC3CC(CC(C3)C1)C2)Nc1ccc(F)c(F)c1F. The molecule has 5 rings (SSSR count). The van der Waals surface area contributed by atoms with Crippen LogP contribution in [0, 0.1) is 40.6 Å². The Morgan fingerprint density at radius 3 is 2.19 bits per heavy atom. The molecule has 146 valence electrons. The second kappa shape index (κ2) is 6.84. The van der Waals surface area contributed by atoms with E-state index in [1.165, 1.54) is 19.3 Å². The summed E-state index contributed by atoms with van der Waals surface area (Å²) < 4.78 is 44.7. The molecule has 1 aromatic carbocycles. The fourth-order valence-electron chi connectivity index (χ4n) is 5.82. The van der Waals surface area contributed by atoms with Gasteiger partial charge in [0.15, 0.2) is 24.1 Å². The first-order valence-electron chi connectivity index (χ1n) is 9.42. The topological polar surface area (TPSA) is 55.4 Å². The van der Waals surface area contributed by atoms with E-state index in [4.69, 9.17) is 4.74 Å². The summed E-state index contributed by atoms with van der Waals surface area (Å²) in [5.74, 6) is -3.57. The van der Waals surface area contributed by atoms with E-state index in [0.717, 1.165) is 25.3 Å². The Morgan fingerprint density at radius 2 is 1.59 bits per heavy atom. The van der Waals surface area contributed by atoms with E-state index < -0.39 is 41.6 Å². The lowest BCUT2D eigenvalue weighted by Crippen LogP contribution is -2.47. The molecule has 0 aliphatic heterocycles. The first kappa shape index (κ1) is 18.3. The Morgan fingerprint density at radius 1 is 1.00 bits per heavy atom. The number of halogens is 3. The zero-order chi connectivity index (χ0) is 19.2. The number of benzene rings is 1. The molecule has 0 radical (unpaired) electrons. The van der Waals surface area contributed by atoms with Gasteiger partial charge in [0, 0.05) is 0 Å². The Balaban J connectivity index is 1.29. The van der Waals surface area contributed by atoms with Gasteiger partial charge in [-0.1, -0.05) is 0 Å². The van der Waals surface area contributed by atoms with Gasteiger partial charge in [-0.25, -0.2) is 13.2 Å². The molecular formula is C20H22F3NO3. The van der Waals surface area contributed by atoms with Gasteiger partial charge in [0.1, 0.15) is 0 Å². The molecule has 4 fully saturated rings. The first-order valence-corrected chi connectivity index (χ1v) is 9.42. The average Bonchev–Trinajstić information content (AvgIpc) is 2.59. The first-order chi connectivity index (χ1) is 12.8. The number of rotatable bonds is 5. The highest BCUT2D eigenvalue weighted by molar-refractivity contribution is 5.92. The molecule has 0 spiro atoms. The predicted octanol–water partition coefficient (Wildman–Crippen LogP) is 4.19. The number of esters is 1. The maximum Gasteiger partial charge on any atom is 0.306 e. The number of carbonyl (C=O) groups excluding carboxylic acids is 2. The van der Waals surface area contributed by atoms with Crippen molar-refractivity contribution in [1.82, 2.24) is 0 Å². The Labute approximate surface area is 155 Å². The van der Waals surface area contributed by atoms with Crippen molar-refractivity contribution in [2.75, 3.05) is 11.9 Å². The summed E-state index contributed by atoms with van der Waals surface area (Å²) in [4.78, 5) is 24.1. The lowest BCUT2D eigenvalue weighted by molar-refractivity contribution is -0.154. The van der Waals surface area contributed by atoms with E-state index in [1.54, 1.807) is 0 Å². The number of nitrogens with one attached hydrogen (secondary N) is 1. The van der Waals surface area contributed by atoms with Crippen LogP contribution < -0.4 is 5.32 Å². The van der Waals surface area contributed by atoms with E-state index in [0.29, 0.717) is 30.2 Å². The highest BCUT2D eigenvalue weighted by Gasteiger charge is 2.51. The second-order valence-electron chi connectivity index (χ2n) is 8.53. The molecule has 4 nitrogen and oxygen atoms in total. The Kier molecular flexibility index (Phi) is 4.64. The minimum Gasteiger partial charge on any atom is -0.456 e. The number of ether oxygens (including phenoxy) is 1. The smallest absolute Gasteiger partial charge is 0.306 e. The summed E-state index contributed by atoms with van der Waals surface area (Å²) in [5.41, 5.74) is -0.481. The Hall–Kier alpha value is -2.05. The molecule has 7 heteroatoms. The second-order valence-corrected chi connectivity index (χ2v) is 8.53. The zero-order valence-electron chi connectivity index (χ0n) is 14.9. The summed E-state index contributed by atoms with van der Waals surface area (Å²) >= 11 is 0. The van der Waals surface area contributed by atoms with E-state index >= 15 is 0 Å². The highest BCUT2D eigenvalue weighted by atomic mass is 19.2. The van der Waals surface area contributed by atoms with Gasteiger partial charge in [-0.05, 0) is 73.8 Å². The van der Waals surface area contributed by atoms with E-state index in [-0.39, 0.29) is 5.41 Å². The van der Waals surface area contributed by atoms with Crippen LogP contribution in [0.5, 0.6) is 0 Å². The summed E-state index contributed by atoms with van der Waals surface area (Å²) in [5, 5.41) is 2.10. The number of amides is 1. The highest BCUT2D eigenvalue weighted by Crippen LogP contribution is 2.61. The largest absolute Gasteiger partial charge is 0.456 e. The summed E-state index contributed by atoms with van der Waals surface area (Å²) in [6.07, 6.45) is 7.30. The minimum absolute atomic E-state index is 0.00844. The van der Waals surface area contributed by atoms with Crippen LogP contribution in [0.4, 0.5) is 18.9 Å². The zero-order valence-corrected chi connectivity index (χ0v) is 14.9. The van der Waals surface area contributed by atoms with Crippen molar-refractivity contribution in [3.63, 3.8) is 0 Å². The standard InChI is InChI=1S/C20H22F3NO3/c21-14-1-2-15(19(23)18(14)22)24-16(25)10-27-17(26)9-20-6-11-3-12(7-20)5-13(4-11)8-20/h1-2,11-13H,3-10H2,(H,24,25). The van der Waals surface area contributed by atoms with Gasteiger partial charge in [0.05, 0.1) is 12.1 Å². The molecule has 1 amide bonds. The van der Waals surface area contributed by atoms with Crippen LogP contribution in [0.2, 0.25) is 0 Å². The Bertz CT molecular complexity index is 745. The van der Waals surface area contributed by atoms with Crippen LogP contribution in [-0.2, 0) is 14.3 Å². The number of hydrogen-bond donors (Lipinski definition) is 1. The fourth-order valence-corrected chi connectivity index (χ4v) is 5.82. The predicted molar refractivity (Wildman–Crippen MR) is 91.1 cm³/mol. The molecule has 0 atom stereocenters. The van der Waals surface area contributed by atoms with Crippen molar-refractivity contribution in [1.29, 1.82) is 0 Å². The van der Waals surface area contributed by atoms with Crippen molar-refractivity contribution in [3.8, 4) is 0 Å². The van der Waals surface area contributed by atoms with Crippen molar-refractivity contribution in [2.45, 2.75) is 44.9 Å². The van der Waals surface area contributed by atoms with Crippen molar-refractivity contribution in [2.24, 2.45) is 23.2 Å². The van der Waals surface area contributed by atoms with Gasteiger partial charge >= 0.3 is 5.97 Å². The molecule has 4 aliphatic carbocycles. The van der Waals surface area contributed by atoms with Crippen LogP contribution in [-0.4, -0.2) is 18.5 Å². The molecular weight excluding hydrogens is 359 g/mol. The van der Waals surface area contributed by atoms with Gasteiger partial charge in [-0.15, -0.1) is 0 Å². The maximum atomic E-state index is 13.6. The van der Waals surface area contributed by atoms with Gasteiger partial charge in [0.25, 0.3) is 5.91 Å². The monoisotopic (exact) mass is 381 g/mol. The van der Waals surface area contributed by atoms with E-state index in [2.05, 4.69) is 5.32 Å². The molecule has 27 heavy (non-hydrogen) atoms. The third kappa shape index (κ3) is 3.69. The van der Waals surface area contributed by atoms with Gasteiger partial charge in [0.2, 0.25) is 0 Å². The molecule has 0 aromatic heterocycles. The maximum absolute atomic E-state index is 13.6. The molecule has 0 heterocycles. The molecule has 0 unspecified atom stereocenters. The minimum atomic E-state index is -1.66. The normalized spacial score (nSPS) is 31.0. The third-order valence-electron chi connectivity index (χ3n) is 6.36. The lowest BCUT2D eigenvalue weighted by atomic mass is 9.49. The molecule has 4 aliphatic rings. The number of anilines is 1. The van der Waals surface area contributed by atoms with Crippen LogP contribution in [0.25, 0.3) is 0 Å². The van der Waals surface area contributed by atoms with Crippen LogP contribution >= 0.6 is 0 Å². The lowest BCUT2D eigenvalue weighted by Gasteiger charge is -2.56. The van der Waals surface area contributed by atoms with E-state index in [9.17, 15) is 22.8 Å². The molecule has 1 aromatic rings. The van der Waals surface area contributed by atoms with Gasteiger partial charge in [-0.2, -0.15) is 0 Å². The van der Waals surface area contributed by atoms with Crippen molar-refractivity contribution < 1.29 is 27.5 Å². The van der Waals surface area contributed by atoms with Gasteiger partial charge < -0.3 is 10.1 Å². The summed E-state index contributed by atoms with van der Waals surface area (Å²) in [6.45, 7) is -0.580. The quantitative estimate of drug-likeness (QED) is 0.615. The number of hydrogen-bond acceptors (Lipinski definition) is 3. The average molecular weight is 381 g/mol. The van der Waals surface area contributed by atoms with Crippen LogP contribution in [0.15, 0.2) is 12.1 Å². The third-order valence-corrected chi connectivity index (χ3v) is 6.36. The molecule has 4 saturated carbocycles. The van der Waals surface area contributed by atoms with Gasteiger partial charge in [-0.3, -0.25) is 9.59 Å². The fraction of sp³-hybridized carbons (Fsp3) is 0.600. The van der Waals surface area contributed by atoms with Crippen LogP contribution in [0.1, 0.15) is 44.9 Å².